The molecule has 1 heterocycles. The molecule has 0 spiro atoms. The van der Waals surface area contributed by atoms with Gasteiger partial charge in [-0.1, -0.05) is 11.6 Å². The minimum absolute atomic E-state index is 0.152. The van der Waals surface area contributed by atoms with Crippen molar-refractivity contribution < 1.29 is 13.6 Å². The van der Waals surface area contributed by atoms with Crippen LogP contribution in [0.5, 0.6) is 0 Å². The summed E-state index contributed by atoms with van der Waals surface area (Å²) in [6.07, 6.45) is 2.76. The van der Waals surface area contributed by atoms with E-state index in [4.69, 9.17) is 17.3 Å². The molecular formula is C13H16ClF2N5O. The number of amides is 1. The molecule has 0 aromatic rings. The van der Waals surface area contributed by atoms with E-state index in [0.29, 0.717) is 0 Å². The van der Waals surface area contributed by atoms with Crippen molar-refractivity contribution in [2.24, 2.45) is 15.7 Å². The molecule has 0 saturated heterocycles. The summed E-state index contributed by atoms with van der Waals surface area (Å²) in [7, 11) is 1.34. The fraction of sp³-hybridized carbons (Fsp3) is 0.462. The van der Waals surface area contributed by atoms with E-state index in [0.717, 1.165) is 24.5 Å². The topological polar surface area (TPSA) is 91.9 Å². The van der Waals surface area contributed by atoms with Crippen LogP contribution in [-0.2, 0) is 4.79 Å². The maximum Gasteiger partial charge on any atom is 0.277 e. The Bertz CT molecular complexity index is 581. The molecule has 1 unspecified atom stereocenters. The summed E-state index contributed by atoms with van der Waals surface area (Å²) >= 11 is 5.77. The number of carbonyl (C=O) groups excluding carboxylic acids is 1. The first kappa shape index (κ1) is 16.4. The average Bonchev–Trinajstić information content (AvgIpc) is 3.25. The molecule has 1 saturated carbocycles. The second-order valence-electron chi connectivity index (χ2n) is 4.97. The van der Waals surface area contributed by atoms with Crippen LogP contribution < -0.4 is 16.4 Å². The third-order valence-corrected chi connectivity index (χ3v) is 3.64. The molecule has 1 amide bonds. The second-order valence-corrected chi connectivity index (χ2v) is 5.38. The summed E-state index contributed by atoms with van der Waals surface area (Å²) in [6.45, 7) is 0. The van der Waals surface area contributed by atoms with Crippen LogP contribution in [0.2, 0.25) is 0 Å². The first-order valence-corrected chi connectivity index (χ1v) is 7.00. The summed E-state index contributed by atoms with van der Waals surface area (Å²) < 4.78 is 24.9. The predicted molar refractivity (Wildman–Crippen MR) is 81.1 cm³/mol. The van der Waals surface area contributed by atoms with E-state index in [-0.39, 0.29) is 5.71 Å². The van der Waals surface area contributed by atoms with Crippen LogP contribution in [0.15, 0.2) is 33.5 Å². The van der Waals surface area contributed by atoms with Crippen LogP contribution in [0.4, 0.5) is 8.78 Å². The molecule has 1 aliphatic heterocycles. The highest BCUT2D eigenvalue weighted by atomic mass is 35.5. The van der Waals surface area contributed by atoms with Gasteiger partial charge in [-0.25, -0.2) is 8.78 Å². The highest BCUT2D eigenvalue weighted by Gasteiger charge is 2.47. The molecule has 6 nitrogen and oxygen atoms in total. The van der Waals surface area contributed by atoms with Gasteiger partial charge in [0.05, 0.1) is 11.2 Å². The van der Waals surface area contributed by atoms with E-state index in [1.807, 2.05) is 0 Å². The predicted octanol–water partition coefficient (Wildman–Crippen LogP) is 0.894. The lowest BCUT2D eigenvalue weighted by Gasteiger charge is -2.22. The van der Waals surface area contributed by atoms with Crippen LogP contribution in [0.3, 0.4) is 0 Å². The number of alkyl halides is 3. The van der Waals surface area contributed by atoms with Crippen molar-refractivity contribution in [1.29, 1.82) is 0 Å². The Balaban J connectivity index is 2.08. The second kappa shape index (κ2) is 6.43. The zero-order chi connectivity index (χ0) is 16.3. The quantitative estimate of drug-likeness (QED) is 0.397. The Kier molecular flexibility index (Phi) is 4.80. The van der Waals surface area contributed by atoms with Gasteiger partial charge in [0, 0.05) is 25.0 Å². The van der Waals surface area contributed by atoms with Gasteiger partial charge in [0.2, 0.25) is 0 Å². The smallest absolute Gasteiger partial charge is 0.277 e. The highest BCUT2D eigenvalue weighted by Crippen LogP contribution is 2.41. The summed E-state index contributed by atoms with van der Waals surface area (Å²) in [5.41, 5.74) is 3.99. The molecule has 2 rings (SSSR count). The van der Waals surface area contributed by atoms with Crippen molar-refractivity contribution in [3.05, 3.63) is 23.5 Å². The third kappa shape index (κ3) is 3.62. The fourth-order valence-corrected chi connectivity index (χ4v) is 2.11. The van der Waals surface area contributed by atoms with Crippen molar-refractivity contribution >= 4 is 29.4 Å². The van der Waals surface area contributed by atoms with Crippen LogP contribution in [0, 0.1) is 0 Å². The van der Waals surface area contributed by atoms with E-state index in [9.17, 15) is 13.6 Å². The lowest BCUT2D eigenvalue weighted by atomic mass is 10.1. The molecule has 120 valence electrons. The maximum absolute atomic E-state index is 12.4. The average molecular weight is 332 g/mol. The monoisotopic (exact) mass is 331 g/mol. The number of nitrogens with zero attached hydrogens (tertiary/aromatic N) is 2. The zero-order valence-electron chi connectivity index (χ0n) is 11.8. The van der Waals surface area contributed by atoms with Crippen LogP contribution in [0.1, 0.15) is 12.8 Å². The number of hydrogen-bond acceptors (Lipinski definition) is 5. The molecule has 0 bridgehead atoms. The van der Waals surface area contributed by atoms with E-state index in [1.54, 1.807) is 12.4 Å². The number of nitrogens with one attached hydrogen (secondary N) is 2. The lowest BCUT2D eigenvalue weighted by molar-refractivity contribution is -0.115. The fourth-order valence-electron chi connectivity index (χ4n) is 1.99. The van der Waals surface area contributed by atoms with Crippen molar-refractivity contribution in [2.75, 3.05) is 7.05 Å². The molecule has 2 aliphatic rings. The molecule has 0 radical (unpaired) electrons. The third-order valence-electron chi connectivity index (χ3n) is 3.41. The molecule has 1 atom stereocenters. The van der Waals surface area contributed by atoms with E-state index >= 15 is 0 Å². The number of aliphatic imine (C=N–C) groups is 2. The van der Waals surface area contributed by atoms with Crippen molar-refractivity contribution in [3.63, 3.8) is 0 Å². The number of rotatable bonds is 5. The van der Waals surface area contributed by atoms with Crippen molar-refractivity contribution in [1.82, 2.24) is 10.6 Å². The number of halogens is 3. The van der Waals surface area contributed by atoms with Gasteiger partial charge in [-0.15, -0.1) is 0 Å². The van der Waals surface area contributed by atoms with Gasteiger partial charge in [0.1, 0.15) is 5.71 Å². The summed E-state index contributed by atoms with van der Waals surface area (Å²) in [5, 5.41) is 5.62. The molecule has 22 heavy (non-hydrogen) atoms. The Morgan fingerprint density at radius 1 is 1.68 bits per heavy atom. The molecule has 4 N–H and O–H groups in total. The number of allylic oxidation sites excluding steroid dienone is 1. The van der Waals surface area contributed by atoms with Crippen LogP contribution in [0.25, 0.3) is 0 Å². The van der Waals surface area contributed by atoms with Gasteiger partial charge in [-0.05, 0) is 18.9 Å². The maximum atomic E-state index is 12.4. The number of hydrogen-bond donors (Lipinski definition) is 3. The Morgan fingerprint density at radius 2 is 2.36 bits per heavy atom. The number of carbonyl (C=O) groups is 1. The lowest BCUT2D eigenvalue weighted by Crippen LogP contribution is -2.43. The first-order chi connectivity index (χ1) is 10.4. The molecule has 0 aromatic carbocycles. The van der Waals surface area contributed by atoms with Gasteiger partial charge in [-0.3, -0.25) is 14.8 Å². The SMILES string of the molecule is CN=C(/C=C(\N)C(F)F)C(=O)NC1(C2=CNC(Cl)N=C2)CC1. The van der Waals surface area contributed by atoms with Gasteiger partial charge < -0.3 is 16.4 Å². The molecule has 0 aromatic heterocycles. The summed E-state index contributed by atoms with van der Waals surface area (Å²) in [4.78, 5) is 19.9. The molecular weight excluding hydrogens is 316 g/mol. The van der Waals surface area contributed by atoms with Crippen LogP contribution in [-0.4, -0.2) is 42.5 Å². The molecule has 1 fully saturated rings. The van der Waals surface area contributed by atoms with Gasteiger partial charge in [-0.2, -0.15) is 0 Å². The highest BCUT2D eigenvalue weighted by molar-refractivity contribution is 6.43. The Labute approximate surface area is 131 Å². The standard InChI is InChI=1S/C13H16ClF2N5O/c1-18-9(4-8(17)10(15)16)11(22)21-13(2-3-13)7-5-19-12(14)20-6-7/h4-6,10,12,19H,2-3,17H2,1H3,(H,21,22)/b8-4-,18-9?. The van der Waals surface area contributed by atoms with Crippen molar-refractivity contribution in [3.8, 4) is 0 Å². The summed E-state index contributed by atoms with van der Waals surface area (Å²) in [6, 6.07) is 0. The Morgan fingerprint density at radius 3 is 2.82 bits per heavy atom. The van der Waals surface area contributed by atoms with E-state index in [2.05, 4.69) is 20.6 Å². The van der Waals surface area contributed by atoms with Crippen LogP contribution >= 0.6 is 11.6 Å². The largest absolute Gasteiger partial charge is 0.397 e. The molecule has 1 aliphatic carbocycles. The first-order valence-electron chi connectivity index (χ1n) is 6.56. The minimum Gasteiger partial charge on any atom is -0.397 e. The van der Waals surface area contributed by atoms with Gasteiger partial charge in [0.15, 0.2) is 5.62 Å². The zero-order valence-corrected chi connectivity index (χ0v) is 12.6. The van der Waals surface area contributed by atoms with Gasteiger partial charge in [0.25, 0.3) is 12.3 Å². The van der Waals surface area contributed by atoms with Crippen molar-refractivity contribution in [2.45, 2.75) is 30.4 Å². The Hall–Kier alpha value is -1.96. The van der Waals surface area contributed by atoms with Gasteiger partial charge >= 0.3 is 0 Å². The normalized spacial score (nSPS) is 23.9. The number of nitrogens with two attached hydrogens (primary N) is 1. The minimum atomic E-state index is -2.84. The summed E-state index contributed by atoms with van der Waals surface area (Å²) in [5.74, 6) is -0.564. The van der Waals surface area contributed by atoms with E-state index < -0.39 is 29.2 Å². The van der Waals surface area contributed by atoms with E-state index in [1.165, 1.54) is 7.05 Å². The molecule has 9 heteroatoms.